The van der Waals surface area contributed by atoms with Crippen LogP contribution in [0.4, 0.5) is 13.2 Å². The number of thioether (sulfide) groups is 1. The van der Waals surface area contributed by atoms with Crippen LogP contribution >= 0.6 is 23.1 Å². The van der Waals surface area contributed by atoms with Crippen molar-refractivity contribution in [2.75, 3.05) is 0 Å². The molecule has 0 atom stereocenters. The lowest BCUT2D eigenvalue weighted by Gasteiger charge is -2.18. The van der Waals surface area contributed by atoms with E-state index in [-0.39, 0.29) is 5.41 Å². The van der Waals surface area contributed by atoms with E-state index < -0.39 is 11.7 Å². The minimum Gasteiger partial charge on any atom is -0.240 e. The van der Waals surface area contributed by atoms with Gasteiger partial charge in [0.1, 0.15) is 5.01 Å². The number of aromatic nitrogens is 1. The van der Waals surface area contributed by atoms with Crippen molar-refractivity contribution >= 4 is 23.1 Å². The zero-order chi connectivity index (χ0) is 19.7. The number of nitrogens with zero attached hydrogens (tertiary/aromatic N) is 1. The summed E-state index contributed by atoms with van der Waals surface area (Å²) >= 11 is 3.15. The van der Waals surface area contributed by atoms with Gasteiger partial charge in [0.2, 0.25) is 0 Å². The van der Waals surface area contributed by atoms with Gasteiger partial charge in [0.25, 0.3) is 0 Å². The van der Waals surface area contributed by atoms with Crippen LogP contribution in [-0.4, -0.2) is 4.98 Å². The quantitative estimate of drug-likeness (QED) is 0.417. The van der Waals surface area contributed by atoms with Crippen molar-refractivity contribution in [2.24, 2.45) is 0 Å². The van der Waals surface area contributed by atoms with E-state index in [9.17, 15) is 13.2 Å². The fourth-order valence-electron chi connectivity index (χ4n) is 2.52. The predicted octanol–water partition coefficient (Wildman–Crippen LogP) is 7.42. The van der Waals surface area contributed by atoms with Crippen LogP contribution in [0.1, 0.15) is 37.6 Å². The normalized spacial score (nSPS) is 12.4. The van der Waals surface area contributed by atoms with E-state index in [0.717, 1.165) is 28.6 Å². The summed E-state index contributed by atoms with van der Waals surface area (Å²) in [7, 11) is 0. The summed E-state index contributed by atoms with van der Waals surface area (Å²) in [5.74, 6) is 0.728. The summed E-state index contributed by atoms with van der Waals surface area (Å²) in [5, 5.41) is 2.70. The summed E-state index contributed by atoms with van der Waals surface area (Å²) in [6.45, 7) is 6.56. The molecule has 0 aliphatic carbocycles. The van der Waals surface area contributed by atoms with E-state index >= 15 is 0 Å². The standard InChI is InChI=1S/C21H20F3NS2/c1-20(2,3)15-8-10-18(11-9-15)26-12-17-13-27-19(25-17)14-4-6-16(7-5-14)21(22,23)24/h4-11,13H,12H2,1-3H3. The minimum atomic E-state index is -4.31. The SMILES string of the molecule is CC(C)(C)c1ccc(SCc2csc(-c3ccc(C(F)(F)F)cc3)n2)cc1. The molecule has 1 heterocycles. The van der Waals surface area contributed by atoms with Crippen LogP contribution in [0.15, 0.2) is 58.8 Å². The first-order chi connectivity index (χ1) is 12.6. The van der Waals surface area contributed by atoms with Gasteiger partial charge in [0, 0.05) is 21.6 Å². The Morgan fingerprint density at radius 3 is 2.04 bits per heavy atom. The Morgan fingerprint density at radius 1 is 0.889 bits per heavy atom. The zero-order valence-corrected chi connectivity index (χ0v) is 16.9. The molecule has 0 radical (unpaired) electrons. The smallest absolute Gasteiger partial charge is 0.240 e. The van der Waals surface area contributed by atoms with Crippen LogP contribution in [0.2, 0.25) is 0 Å². The van der Waals surface area contributed by atoms with Gasteiger partial charge < -0.3 is 0 Å². The van der Waals surface area contributed by atoms with Crippen molar-refractivity contribution in [1.82, 2.24) is 4.98 Å². The van der Waals surface area contributed by atoms with E-state index in [4.69, 9.17) is 0 Å². The fraction of sp³-hybridized carbons (Fsp3) is 0.286. The summed E-state index contributed by atoms with van der Waals surface area (Å²) in [4.78, 5) is 5.73. The lowest BCUT2D eigenvalue weighted by Crippen LogP contribution is -2.10. The minimum absolute atomic E-state index is 0.134. The molecule has 0 amide bonds. The summed E-state index contributed by atoms with van der Waals surface area (Å²) < 4.78 is 38.0. The van der Waals surface area contributed by atoms with Crippen molar-refractivity contribution < 1.29 is 13.2 Å². The largest absolute Gasteiger partial charge is 0.416 e. The van der Waals surface area contributed by atoms with Gasteiger partial charge in [0.15, 0.2) is 0 Å². The second-order valence-electron chi connectivity index (χ2n) is 7.28. The van der Waals surface area contributed by atoms with Crippen molar-refractivity contribution in [1.29, 1.82) is 0 Å². The molecule has 0 saturated carbocycles. The van der Waals surface area contributed by atoms with Gasteiger partial charge in [0.05, 0.1) is 11.3 Å². The third-order valence-corrected chi connectivity index (χ3v) is 6.10. The van der Waals surface area contributed by atoms with E-state index in [0.29, 0.717) is 5.56 Å². The maximum Gasteiger partial charge on any atom is 0.416 e. The third kappa shape index (κ3) is 5.14. The molecule has 0 N–H and O–H groups in total. The molecule has 0 fully saturated rings. The fourth-order valence-corrected chi connectivity index (χ4v) is 4.24. The Labute approximate surface area is 165 Å². The molecular weight excluding hydrogens is 387 g/mol. The molecule has 1 nitrogen and oxygen atoms in total. The number of thiazole rings is 1. The molecule has 27 heavy (non-hydrogen) atoms. The van der Waals surface area contributed by atoms with Gasteiger partial charge in [-0.3, -0.25) is 0 Å². The average molecular weight is 408 g/mol. The van der Waals surface area contributed by atoms with Crippen molar-refractivity contribution in [3.05, 3.63) is 70.7 Å². The topological polar surface area (TPSA) is 12.9 Å². The first-order valence-electron chi connectivity index (χ1n) is 8.48. The van der Waals surface area contributed by atoms with Crippen LogP contribution < -0.4 is 0 Å². The van der Waals surface area contributed by atoms with Gasteiger partial charge >= 0.3 is 6.18 Å². The van der Waals surface area contributed by atoms with Gasteiger partial charge in [-0.1, -0.05) is 45.0 Å². The first-order valence-corrected chi connectivity index (χ1v) is 10.3. The summed E-state index contributed by atoms with van der Waals surface area (Å²) in [5.41, 5.74) is 2.43. The molecule has 0 aliphatic heterocycles. The van der Waals surface area contributed by atoms with Crippen molar-refractivity contribution in [3.8, 4) is 10.6 Å². The highest BCUT2D eigenvalue weighted by Gasteiger charge is 2.30. The molecular formula is C21H20F3NS2. The third-order valence-electron chi connectivity index (χ3n) is 4.12. The highest BCUT2D eigenvalue weighted by Crippen LogP contribution is 2.33. The van der Waals surface area contributed by atoms with E-state index in [1.165, 1.54) is 33.9 Å². The van der Waals surface area contributed by atoms with E-state index in [1.807, 2.05) is 5.38 Å². The number of rotatable bonds is 4. The van der Waals surface area contributed by atoms with Crippen LogP contribution in [0.3, 0.4) is 0 Å². The Bertz CT molecular complexity index is 889. The highest BCUT2D eigenvalue weighted by molar-refractivity contribution is 7.98. The van der Waals surface area contributed by atoms with Gasteiger partial charge in [-0.15, -0.1) is 23.1 Å². The maximum atomic E-state index is 12.7. The molecule has 142 valence electrons. The zero-order valence-electron chi connectivity index (χ0n) is 15.3. The second-order valence-corrected chi connectivity index (χ2v) is 9.19. The first kappa shape index (κ1) is 20.0. The van der Waals surface area contributed by atoms with Gasteiger partial charge in [-0.05, 0) is 35.2 Å². The van der Waals surface area contributed by atoms with Crippen LogP contribution in [-0.2, 0) is 17.3 Å². The van der Waals surface area contributed by atoms with Crippen LogP contribution in [0.5, 0.6) is 0 Å². The number of benzene rings is 2. The molecule has 0 aliphatic rings. The summed E-state index contributed by atoms with van der Waals surface area (Å²) in [6.07, 6.45) is -4.31. The van der Waals surface area contributed by atoms with Crippen molar-refractivity contribution in [3.63, 3.8) is 0 Å². The second kappa shape index (κ2) is 7.68. The number of hydrogen-bond acceptors (Lipinski definition) is 3. The molecule has 0 spiro atoms. The summed E-state index contributed by atoms with van der Waals surface area (Å²) in [6, 6.07) is 13.7. The Balaban J connectivity index is 1.64. The van der Waals surface area contributed by atoms with Crippen LogP contribution in [0.25, 0.3) is 10.6 Å². The number of halogens is 3. The maximum absolute atomic E-state index is 12.7. The molecule has 3 rings (SSSR count). The number of alkyl halides is 3. The molecule has 0 saturated heterocycles. The van der Waals surface area contributed by atoms with Crippen LogP contribution in [0, 0.1) is 0 Å². The monoisotopic (exact) mass is 407 g/mol. The molecule has 6 heteroatoms. The predicted molar refractivity (Wildman–Crippen MR) is 107 cm³/mol. The van der Waals surface area contributed by atoms with Gasteiger partial charge in [-0.25, -0.2) is 4.98 Å². The molecule has 1 aromatic heterocycles. The lowest BCUT2D eigenvalue weighted by atomic mass is 9.87. The highest BCUT2D eigenvalue weighted by atomic mass is 32.2. The van der Waals surface area contributed by atoms with E-state index in [1.54, 1.807) is 11.8 Å². The molecule has 0 unspecified atom stereocenters. The molecule has 3 aromatic rings. The number of hydrogen-bond donors (Lipinski definition) is 0. The molecule has 0 bridgehead atoms. The Kier molecular flexibility index (Phi) is 5.68. The molecule has 2 aromatic carbocycles. The van der Waals surface area contributed by atoms with Gasteiger partial charge in [-0.2, -0.15) is 13.2 Å². The van der Waals surface area contributed by atoms with Crippen molar-refractivity contribution in [2.45, 2.75) is 43.0 Å². The Morgan fingerprint density at radius 2 is 1.48 bits per heavy atom. The Hall–Kier alpha value is -1.79. The lowest BCUT2D eigenvalue weighted by molar-refractivity contribution is -0.137. The average Bonchev–Trinajstić information content (AvgIpc) is 3.08. The van der Waals surface area contributed by atoms with E-state index in [2.05, 4.69) is 50.0 Å².